The van der Waals surface area contributed by atoms with Crippen LogP contribution in [0.15, 0.2) is 83.4 Å². The Morgan fingerprint density at radius 3 is 2.60 bits per heavy atom. The summed E-state index contributed by atoms with van der Waals surface area (Å²) in [5.74, 6) is 0.866. The number of methoxy groups -OCH3 is 1. The third kappa shape index (κ3) is 4.34. The molecule has 0 aliphatic carbocycles. The van der Waals surface area contributed by atoms with E-state index in [0.717, 1.165) is 16.9 Å². The van der Waals surface area contributed by atoms with Crippen molar-refractivity contribution in [2.24, 2.45) is 0 Å². The molecule has 2 aromatic carbocycles. The van der Waals surface area contributed by atoms with Crippen molar-refractivity contribution in [3.63, 3.8) is 0 Å². The second-order valence-corrected chi connectivity index (χ2v) is 8.69. The lowest BCUT2D eigenvalue weighted by molar-refractivity contribution is 0.0697. The molecule has 3 heterocycles. The SMILES string of the molecule is COc1ccc(N2C(=S)N[C@@H](c3ccccn3)[C@H]2c2ccc(-c3ccc(C(=O)O)cc3)o2)cc1Cl. The number of ether oxygens (including phenoxy) is 1. The van der Waals surface area contributed by atoms with Gasteiger partial charge < -0.3 is 24.5 Å². The van der Waals surface area contributed by atoms with Gasteiger partial charge in [-0.3, -0.25) is 4.98 Å². The van der Waals surface area contributed by atoms with Crippen LogP contribution >= 0.6 is 23.8 Å². The molecule has 2 N–H and O–H groups in total. The zero-order valence-electron chi connectivity index (χ0n) is 18.5. The van der Waals surface area contributed by atoms with Crippen LogP contribution < -0.4 is 15.0 Å². The summed E-state index contributed by atoms with van der Waals surface area (Å²) in [5.41, 5.74) is 2.57. The number of hydrogen-bond acceptors (Lipinski definition) is 5. The number of thiocarbonyl (C=S) groups is 1. The van der Waals surface area contributed by atoms with Gasteiger partial charge in [0.05, 0.1) is 29.4 Å². The number of benzene rings is 2. The van der Waals surface area contributed by atoms with Gasteiger partial charge in [0.25, 0.3) is 0 Å². The minimum atomic E-state index is -0.978. The highest BCUT2D eigenvalue weighted by Gasteiger charge is 2.42. The maximum absolute atomic E-state index is 11.2. The summed E-state index contributed by atoms with van der Waals surface area (Å²) in [7, 11) is 1.57. The molecule has 9 heteroatoms. The summed E-state index contributed by atoms with van der Waals surface area (Å²) in [6.45, 7) is 0. The summed E-state index contributed by atoms with van der Waals surface area (Å²) >= 11 is 12.2. The fourth-order valence-corrected chi connectivity index (χ4v) is 4.77. The van der Waals surface area contributed by atoms with Gasteiger partial charge in [0, 0.05) is 17.4 Å². The number of carboxylic acids is 1. The van der Waals surface area contributed by atoms with Gasteiger partial charge in [0.1, 0.15) is 23.3 Å². The molecule has 0 saturated carbocycles. The number of furan rings is 1. The second-order valence-electron chi connectivity index (χ2n) is 7.90. The summed E-state index contributed by atoms with van der Waals surface area (Å²) in [5, 5.41) is 13.5. The predicted octanol–water partition coefficient (Wildman–Crippen LogP) is 5.88. The van der Waals surface area contributed by atoms with Gasteiger partial charge in [0.2, 0.25) is 0 Å². The van der Waals surface area contributed by atoms with E-state index in [-0.39, 0.29) is 17.6 Å². The van der Waals surface area contributed by atoms with Crippen molar-refractivity contribution in [3.8, 4) is 17.1 Å². The average molecular weight is 506 g/mol. The topological polar surface area (TPSA) is 87.8 Å². The first-order valence-corrected chi connectivity index (χ1v) is 11.5. The van der Waals surface area contributed by atoms with E-state index in [9.17, 15) is 9.90 Å². The van der Waals surface area contributed by atoms with Gasteiger partial charge in [0.15, 0.2) is 5.11 Å². The van der Waals surface area contributed by atoms with Crippen LogP contribution in [0.25, 0.3) is 11.3 Å². The molecule has 0 radical (unpaired) electrons. The van der Waals surface area contributed by atoms with Crippen LogP contribution in [0.2, 0.25) is 5.02 Å². The van der Waals surface area contributed by atoms with Gasteiger partial charge in [-0.2, -0.15) is 0 Å². The van der Waals surface area contributed by atoms with Gasteiger partial charge in [-0.25, -0.2) is 4.79 Å². The van der Waals surface area contributed by atoms with Crippen molar-refractivity contribution >= 4 is 40.6 Å². The smallest absolute Gasteiger partial charge is 0.335 e. The van der Waals surface area contributed by atoms with E-state index < -0.39 is 5.97 Å². The number of nitrogens with one attached hydrogen (secondary N) is 1. The van der Waals surface area contributed by atoms with E-state index >= 15 is 0 Å². The maximum atomic E-state index is 11.2. The van der Waals surface area contributed by atoms with Crippen LogP contribution in [-0.4, -0.2) is 28.3 Å². The molecule has 35 heavy (non-hydrogen) atoms. The molecule has 2 atom stereocenters. The summed E-state index contributed by atoms with van der Waals surface area (Å²) in [6.07, 6.45) is 1.74. The number of nitrogens with zero attached hydrogens (tertiary/aromatic N) is 2. The Balaban J connectivity index is 1.57. The largest absolute Gasteiger partial charge is 0.495 e. The molecule has 176 valence electrons. The van der Waals surface area contributed by atoms with E-state index in [1.165, 1.54) is 0 Å². The third-order valence-corrected chi connectivity index (χ3v) is 6.46. The lowest BCUT2D eigenvalue weighted by Gasteiger charge is -2.26. The van der Waals surface area contributed by atoms with Crippen molar-refractivity contribution < 1.29 is 19.1 Å². The quantitative estimate of drug-likeness (QED) is 0.314. The second kappa shape index (κ2) is 9.40. The van der Waals surface area contributed by atoms with Crippen LogP contribution in [0, 0.1) is 0 Å². The Kier molecular flexibility index (Phi) is 6.15. The van der Waals surface area contributed by atoms with Crippen LogP contribution in [0.5, 0.6) is 5.75 Å². The van der Waals surface area contributed by atoms with Gasteiger partial charge >= 0.3 is 5.97 Å². The van der Waals surface area contributed by atoms with Crippen LogP contribution in [0.4, 0.5) is 5.69 Å². The number of halogens is 1. The van der Waals surface area contributed by atoms with Crippen LogP contribution in [0.3, 0.4) is 0 Å². The predicted molar refractivity (Wildman–Crippen MR) is 137 cm³/mol. The lowest BCUT2D eigenvalue weighted by Crippen LogP contribution is -2.29. The first-order chi connectivity index (χ1) is 17.0. The van der Waals surface area contributed by atoms with Gasteiger partial charge in [-0.15, -0.1) is 0 Å². The first kappa shape index (κ1) is 22.9. The molecule has 0 bridgehead atoms. The van der Waals surface area contributed by atoms with Gasteiger partial charge in [-0.05, 0) is 66.8 Å². The number of aromatic carboxylic acids is 1. The van der Waals surface area contributed by atoms with E-state index in [0.29, 0.717) is 27.4 Å². The van der Waals surface area contributed by atoms with Crippen LogP contribution in [-0.2, 0) is 0 Å². The Hall–Kier alpha value is -3.88. The number of aromatic nitrogens is 1. The fourth-order valence-electron chi connectivity index (χ4n) is 4.17. The zero-order valence-corrected chi connectivity index (χ0v) is 20.1. The maximum Gasteiger partial charge on any atom is 0.335 e. The molecule has 7 nitrogen and oxygen atoms in total. The molecule has 0 unspecified atom stereocenters. The van der Waals surface area contributed by atoms with E-state index in [1.54, 1.807) is 49.7 Å². The molecule has 0 spiro atoms. The monoisotopic (exact) mass is 505 g/mol. The zero-order chi connectivity index (χ0) is 24.5. The third-order valence-electron chi connectivity index (χ3n) is 5.85. The van der Waals surface area contributed by atoms with Gasteiger partial charge in [-0.1, -0.05) is 29.8 Å². The highest BCUT2D eigenvalue weighted by Crippen LogP contribution is 2.44. The molecule has 0 amide bonds. The van der Waals surface area contributed by atoms with E-state index in [4.69, 9.17) is 33.0 Å². The number of pyridine rings is 1. The summed E-state index contributed by atoms with van der Waals surface area (Å²) in [4.78, 5) is 17.7. The number of anilines is 1. The average Bonchev–Trinajstić information content (AvgIpc) is 3.49. The molecule has 5 rings (SSSR count). The highest BCUT2D eigenvalue weighted by atomic mass is 35.5. The van der Waals surface area contributed by atoms with Crippen LogP contribution in [0.1, 0.15) is 33.9 Å². The molecule has 1 saturated heterocycles. The molecular formula is C26H20ClN3O4S. The van der Waals surface area contributed by atoms with Crippen molar-refractivity contribution in [2.75, 3.05) is 12.0 Å². The molecule has 2 aromatic heterocycles. The number of carbonyl (C=O) groups is 1. The molecule has 1 fully saturated rings. The number of hydrogen-bond donors (Lipinski definition) is 2. The lowest BCUT2D eigenvalue weighted by atomic mass is 10.0. The Morgan fingerprint density at radius 2 is 1.94 bits per heavy atom. The minimum Gasteiger partial charge on any atom is -0.495 e. The highest BCUT2D eigenvalue weighted by molar-refractivity contribution is 7.80. The molecule has 1 aliphatic rings. The normalized spacial score (nSPS) is 17.3. The Bertz CT molecular complexity index is 1390. The number of rotatable bonds is 6. The summed E-state index contributed by atoms with van der Waals surface area (Å²) in [6, 6.07) is 20.9. The number of carboxylic acid groups (broad SMARTS) is 1. The minimum absolute atomic E-state index is 0.212. The van der Waals surface area contributed by atoms with E-state index in [1.807, 2.05) is 41.3 Å². The van der Waals surface area contributed by atoms with E-state index in [2.05, 4.69) is 10.3 Å². The summed E-state index contributed by atoms with van der Waals surface area (Å²) < 4.78 is 11.6. The Labute approximate surface area is 211 Å². The van der Waals surface area contributed by atoms with Crippen molar-refractivity contribution in [1.29, 1.82) is 0 Å². The van der Waals surface area contributed by atoms with Crippen molar-refractivity contribution in [1.82, 2.24) is 10.3 Å². The van der Waals surface area contributed by atoms with Crippen molar-refractivity contribution in [2.45, 2.75) is 12.1 Å². The van der Waals surface area contributed by atoms with Crippen molar-refractivity contribution in [3.05, 3.63) is 101 Å². The molecule has 4 aromatic rings. The molecule has 1 aliphatic heterocycles. The fraction of sp³-hybridized carbons (Fsp3) is 0.115. The Morgan fingerprint density at radius 1 is 1.14 bits per heavy atom. The standard InChI is InChI=1S/C26H20ClN3O4S/c1-33-21-10-9-17(14-18(21)27)30-24(23(29-26(30)35)19-4-2-3-13-28-19)22-12-11-20(34-22)15-5-7-16(8-6-15)25(31)32/h2-14,23-24H,1H3,(H,29,35)(H,31,32)/t23-,24+/m0/s1. The first-order valence-electron chi connectivity index (χ1n) is 10.7. The molecular weight excluding hydrogens is 486 g/mol.